The predicted molar refractivity (Wildman–Crippen MR) is 108 cm³/mol. The van der Waals surface area contributed by atoms with Gasteiger partial charge in [-0.15, -0.1) is 0 Å². The van der Waals surface area contributed by atoms with E-state index in [-0.39, 0.29) is 0 Å². The van der Waals surface area contributed by atoms with Gasteiger partial charge in [0.2, 0.25) is 0 Å². The normalized spacial score (nSPS) is 12.2. The lowest BCUT2D eigenvalue weighted by molar-refractivity contribution is 0.310. The van der Waals surface area contributed by atoms with E-state index in [4.69, 9.17) is 4.74 Å². The highest BCUT2D eigenvalue weighted by molar-refractivity contribution is 5.90. The largest absolute Gasteiger partial charge is 0.488 e. The van der Waals surface area contributed by atoms with Crippen molar-refractivity contribution in [2.75, 3.05) is 0 Å². The highest BCUT2D eigenvalue weighted by Crippen LogP contribution is 2.37. The first-order valence-corrected chi connectivity index (χ1v) is 9.18. The first-order chi connectivity index (χ1) is 12.9. The number of aromatic amines is 1. The van der Waals surface area contributed by atoms with E-state index in [1.54, 1.807) is 0 Å². The highest BCUT2D eigenvalue weighted by atomic mass is 16.5. The fourth-order valence-corrected chi connectivity index (χ4v) is 3.63. The number of aromatic nitrogens is 1. The van der Waals surface area contributed by atoms with Gasteiger partial charge in [0.15, 0.2) is 0 Å². The van der Waals surface area contributed by atoms with E-state index >= 15 is 0 Å². The van der Waals surface area contributed by atoms with Crippen LogP contribution in [0.25, 0.3) is 10.9 Å². The van der Waals surface area contributed by atoms with Crippen LogP contribution in [0.1, 0.15) is 36.0 Å². The Balaban J connectivity index is 1.72. The molecule has 130 valence electrons. The smallest absolute Gasteiger partial charge is 0.129 e. The molecule has 0 fully saturated rings. The van der Waals surface area contributed by atoms with E-state index in [1.807, 2.05) is 24.3 Å². The number of fused-ring (bicyclic) bond motifs is 1. The summed E-state index contributed by atoms with van der Waals surface area (Å²) < 4.78 is 6.21. The maximum absolute atomic E-state index is 6.21. The van der Waals surface area contributed by atoms with Crippen LogP contribution >= 0.6 is 0 Å². The predicted octanol–water partition coefficient (Wildman–Crippen LogP) is 6.29. The van der Waals surface area contributed by atoms with Gasteiger partial charge in [-0.1, -0.05) is 73.7 Å². The van der Waals surface area contributed by atoms with Gasteiger partial charge in [0.05, 0.1) is 0 Å². The summed E-state index contributed by atoms with van der Waals surface area (Å²) in [6, 6.07) is 27.2. The van der Waals surface area contributed by atoms with Crippen molar-refractivity contribution in [3.63, 3.8) is 0 Å². The number of nitrogens with one attached hydrogen (secondary N) is 1. The minimum atomic E-state index is 0.353. The SMILES string of the molecule is CCC(c1ccccc1)c1c[nH]c2cccc(OCc3ccccc3)c12. The van der Waals surface area contributed by atoms with Crippen LogP contribution in [0.3, 0.4) is 0 Å². The zero-order chi connectivity index (χ0) is 17.8. The monoisotopic (exact) mass is 341 g/mol. The lowest BCUT2D eigenvalue weighted by Crippen LogP contribution is -2.00. The molecule has 0 aliphatic heterocycles. The van der Waals surface area contributed by atoms with Gasteiger partial charge < -0.3 is 9.72 Å². The Labute approximate surface area is 154 Å². The van der Waals surface area contributed by atoms with Gasteiger partial charge in [-0.05, 0) is 35.2 Å². The van der Waals surface area contributed by atoms with Crippen molar-refractivity contribution in [3.8, 4) is 5.75 Å². The van der Waals surface area contributed by atoms with E-state index in [1.165, 1.54) is 22.1 Å². The molecule has 1 N–H and O–H groups in total. The molecule has 1 aromatic heterocycles. The second-order valence-electron chi connectivity index (χ2n) is 6.57. The molecule has 0 aliphatic carbocycles. The van der Waals surface area contributed by atoms with Crippen LogP contribution in [-0.2, 0) is 6.61 Å². The Morgan fingerprint density at radius 3 is 2.31 bits per heavy atom. The second-order valence-corrected chi connectivity index (χ2v) is 6.57. The van der Waals surface area contributed by atoms with Crippen molar-refractivity contribution in [3.05, 3.63) is 102 Å². The zero-order valence-electron chi connectivity index (χ0n) is 15.0. The molecule has 0 radical (unpaired) electrons. The van der Waals surface area contributed by atoms with Crippen molar-refractivity contribution in [1.82, 2.24) is 4.98 Å². The fraction of sp³-hybridized carbons (Fsp3) is 0.167. The van der Waals surface area contributed by atoms with Crippen molar-refractivity contribution in [2.24, 2.45) is 0 Å². The lowest BCUT2D eigenvalue weighted by Gasteiger charge is -2.16. The van der Waals surface area contributed by atoms with Crippen LogP contribution in [0.15, 0.2) is 85.1 Å². The third kappa shape index (κ3) is 3.23. The molecule has 2 nitrogen and oxygen atoms in total. The van der Waals surface area contributed by atoms with Gasteiger partial charge in [-0.3, -0.25) is 0 Å². The molecule has 0 amide bonds. The van der Waals surface area contributed by atoms with E-state index in [0.29, 0.717) is 12.5 Å². The molecule has 4 rings (SSSR count). The molecular formula is C24H23NO. The Kier molecular flexibility index (Phi) is 4.74. The summed E-state index contributed by atoms with van der Waals surface area (Å²) in [7, 11) is 0. The topological polar surface area (TPSA) is 25.0 Å². The fourth-order valence-electron chi connectivity index (χ4n) is 3.63. The van der Waals surface area contributed by atoms with E-state index in [9.17, 15) is 0 Å². The van der Waals surface area contributed by atoms with Crippen LogP contribution in [-0.4, -0.2) is 4.98 Å². The van der Waals surface area contributed by atoms with Gasteiger partial charge in [-0.2, -0.15) is 0 Å². The second kappa shape index (κ2) is 7.49. The third-order valence-electron chi connectivity index (χ3n) is 4.92. The first-order valence-electron chi connectivity index (χ1n) is 9.18. The summed E-state index contributed by atoms with van der Waals surface area (Å²) in [6.07, 6.45) is 3.19. The number of rotatable bonds is 6. The first kappa shape index (κ1) is 16.5. The average Bonchev–Trinajstić information content (AvgIpc) is 3.13. The molecule has 3 aromatic carbocycles. The maximum Gasteiger partial charge on any atom is 0.129 e. The van der Waals surface area contributed by atoms with Crippen molar-refractivity contribution < 1.29 is 4.74 Å². The standard InChI is InChI=1S/C24H23NO/c1-2-20(19-12-7-4-8-13-19)21-16-25-22-14-9-15-23(24(21)22)26-17-18-10-5-3-6-11-18/h3-16,20,25H,2,17H2,1H3. The van der Waals surface area contributed by atoms with Crippen LogP contribution in [0.4, 0.5) is 0 Å². The minimum absolute atomic E-state index is 0.353. The number of hydrogen-bond donors (Lipinski definition) is 1. The summed E-state index contributed by atoms with van der Waals surface area (Å²) >= 11 is 0. The molecule has 0 saturated heterocycles. The van der Waals surface area contributed by atoms with Gasteiger partial charge in [-0.25, -0.2) is 0 Å². The molecule has 2 heteroatoms. The number of H-pyrrole nitrogens is 1. The molecule has 1 heterocycles. The summed E-state index contributed by atoms with van der Waals surface area (Å²) in [4.78, 5) is 3.43. The quantitative estimate of drug-likeness (QED) is 0.438. The molecular weight excluding hydrogens is 318 g/mol. The maximum atomic E-state index is 6.21. The van der Waals surface area contributed by atoms with Crippen molar-refractivity contribution in [1.29, 1.82) is 0 Å². The molecule has 0 aliphatic rings. The minimum Gasteiger partial charge on any atom is -0.488 e. The molecule has 4 aromatic rings. The number of ether oxygens (including phenoxy) is 1. The third-order valence-corrected chi connectivity index (χ3v) is 4.92. The summed E-state index contributed by atoms with van der Waals surface area (Å²) in [5, 5.41) is 1.19. The molecule has 0 bridgehead atoms. The van der Waals surface area contributed by atoms with Gasteiger partial charge in [0, 0.05) is 23.0 Å². The summed E-state index contributed by atoms with van der Waals surface area (Å²) in [5.74, 6) is 1.29. The molecule has 26 heavy (non-hydrogen) atoms. The molecule has 0 spiro atoms. The van der Waals surface area contributed by atoms with Crippen LogP contribution in [0.5, 0.6) is 5.75 Å². The summed E-state index contributed by atoms with van der Waals surface area (Å²) in [5.41, 5.74) is 4.95. The van der Waals surface area contributed by atoms with Gasteiger partial charge in [0.25, 0.3) is 0 Å². The average molecular weight is 341 g/mol. The van der Waals surface area contributed by atoms with Crippen LogP contribution in [0.2, 0.25) is 0 Å². The van der Waals surface area contributed by atoms with E-state index < -0.39 is 0 Å². The van der Waals surface area contributed by atoms with Gasteiger partial charge in [0.1, 0.15) is 12.4 Å². The van der Waals surface area contributed by atoms with Gasteiger partial charge >= 0.3 is 0 Å². The Hall–Kier alpha value is -3.00. The Morgan fingerprint density at radius 2 is 1.58 bits per heavy atom. The molecule has 1 unspecified atom stereocenters. The number of benzene rings is 3. The van der Waals surface area contributed by atoms with Crippen molar-refractivity contribution in [2.45, 2.75) is 25.9 Å². The highest BCUT2D eigenvalue weighted by Gasteiger charge is 2.18. The Morgan fingerprint density at radius 1 is 0.846 bits per heavy atom. The zero-order valence-corrected chi connectivity index (χ0v) is 15.0. The van der Waals surface area contributed by atoms with Crippen LogP contribution < -0.4 is 4.74 Å². The van der Waals surface area contributed by atoms with Crippen LogP contribution in [0, 0.1) is 0 Å². The molecule has 0 saturated carbocycles. The molecule has 1 atom stereocenters. The van der Waals surface area contributed by atoms with Crippen molar-refractivity contribution >= 4 is 10.9 Å². The number of hydrogen-bond acceptors (Lipinski definition) is 1. The Bertz CT molecular complexity index is 973. The lowest BCUT2D eigenvalue weighted by atomic mass is 9.89. The van der Waals surface area contributed by atoms with E-state index in [2.05, 4.69) is 72.7 Å². The summed E-state index contributed by atoms with van der Waals surface area (Å²) in [6.45, 7) is 2.82. The van der Waals surface area contributed by atoms with E-state index in [0.717, 1.165) is 17.7 Å².